The Bertz CT molecular complexity index is 530. The van der Waals surface area contributed by atoms with Crippen molar-refractivity contribution in [3.05, 3.63) is 22.1 Å². The molecule has 0 spiro atoms. The van der Waals surface area contributed by atoms with Crippen LogP contribution in [0.2, 0.25) is 0 Å². The van der Waals surface area contributed by atoms with Crippen LogP contribution in [0.4, 0.5) is 0 Å². The number of hydrogen-bond donors (Lipinski definition) is 0. The lowest BCUT2D eigenvalue weighted by molar-refractivity contribution is -0.157. The Kier molecular flexibility index (Phi) is 5.33. The summed E-state index contributed by atoms with van der Waals surface area (Å²) in [5.41, 5.74) is -1.04. The van der Waals surface area contributed by atoms with Crippen LogP contribution in [0.1, 0.15) is 25.4 Å². The fourth-order valence-corrected chi connectivity index (χ4v) is 1.61. The Hall–Kier alpha value is -1.12. The van der Waals surface area contributed by atoms with Crippen LogP contribution in [0, 0.1) is 12.3 Å². The van der Waals surface area contributed by atoms with E-state index in [9.17, 15) is 13.8 Å². The standard InChI is InChI=1S/C10H13ClO7S/c1-6-7(18-9(13)17-6)4-15-8(12)10(2,3)5-16-19(11)14/h4-5H2,1-3H3. The minimum atomic E-state index is -1.98. The zero-order valence-corrected chi connectivity index (χ0v) is 12.1. The molecule has 1 heterocycles. The molecule has 1 atom stereocenters. The van der Waals surface area contributed by atoms with Gasteiger partial charge >= 0.3 is 11.8 Å². The van der Waals surface area contributed by atoms with Crippen LogP contribution in [0.15, 0.2) is 13.6 Å². The molecule has 7 nitrogen and oxygen atoms in total. The Labute approximate surface area is 116 Å². The molecule has 0 aliphatic heterocycles. The van der Waals surface area contributed by atoms with Crippen molar-refractivity contribution in [1.29, 1.82) is 0 Å². The molecule has 1 unspecified atom stereocenters. The molecule has 0 saturated carbocycles. The number of carbonyl (C=O) groups excluding carboxylic acids is 1. The maximum absolute atomic E-state index is 11.8. The molecule has 0 radical (unpaired) electrons. The summed E-state index contributed by atoms with van der Waals surface area (Å²) in [5, 5.41) is 0. The van der Waals surface area contributed by atoms with E-state index < -0.39 is 27.5 Å². The average Bonchev–Trinajstić information content (AvgIpc) is 2.62. The van der Waals surface area contributed by atoms with Gasteiger partial charge in [-0.05, 0) is 20.8 Å². The molecule has 0 aliphatic rings. The van der Waals surface area contributed by atoms with Gasteiger partial charge in [0.05, 0.1) is 12.0 Å². The van der Waals surface area contributed by atoms with Crippen LogP contribution >= 0.6 is 10.7 Å². The van der Waals surface area contributed by atoms with Gasteiger partial charge in [0, 0.05) is 10.7 Å². The van der Waals surface area contributed by atoms with Gasteiger partial charge in [-0.1, -0.05) is 0 Å². The van der Waals surface area contributed by atoms with Crippen molar-refractivity contribution in [2.24, 2.45) is 5.41 Å². The SMILES string of the molecule is Cc1oc(=O)oc1COC(=O)C(C)(C)COS(=O)Cl. The number of hydrogen-bond acceptors (Lipinski definition) is 7. The molecule has 1 aromatic rings. The molecule has 1 aromatic heterocycles. The quantitative estimate of drug-likeness (QED) is 0.579. The van der Waals surface area contributed by atoms with E-state index in [2.05, 4.69) is 13.0 Å². The van der Waals surface area contributed by atoms with Crippen molar-refractivity contribution in [2.45, 2.75) is 27.4 Å². The van der Waals surface area contributed by atoms with Crippen molar-refractivity contribution in [2.75, 3.05) is 6.61 Å². The molecule has 0 amide bonds. The lowest BCUT2D eigenvalue weighted by atomic mass is 9.95. The topological polar surface area (TPSA) is 96.0 Å². The van der Waals surface area contributed by atoms with Crippen LogP contribution in [0.5, 0.6) is 0 Å². The van der Waals surface area contributed by atoms with E-state index in [-0.39, 0.29) is 24.7 Å². The molecule has 1 rings (SSSR count). The number of rotatable bonds is 6. The highest BCUT2D eigenvalue weighted by Crippen LogP contribution is 2.20. The molecule has 0 aromatic carbocycles. The smallest absolute Gasteiger partial charge is 0.457 e. The summed E-state index contributed by atoms with van der Waals surface area (Å²) in [6, 6.07) is 0. The molecular weight excluding hydrogens is 300 g/mol. The molecule has 0 bridgehead atoms. The van der Waals surface area contributed by atoms with Crippen LogP contribution in [-0.2, 0) is 30.6 Å². The van der Waals surface area contributed by atoms with Gasteiger partial charge in [0.2, 0.25) is 0 Å². The van der Waals surface area contributed by atoms with Crippen molar-refractivity contribution in [3.8, 4) is 0 Å². The molecule has 9 heteroatoms. The zero-order chi connectivity index (χ0) is 14.6. The predicted octanol–water partition coefficient (Wildman–Crippen LogP) is 1.44. The lowest BCUT2D eigenvalue weighted by Gasteiger charge is -2.20. The van der Waals surface area contributed by atoms with Crippen LogP contribution in [-0.4, -0.2) is 16.8 Å². The third-order valence-corrected chi connectivity index (χ3v) is 2.81. The maximum atomic E-state index is 11.8. The maximum Gasteiger partial charge on any atom is 0.519 e. The van der Waals surface area contributed by atoms with Crippen molar-refractivity contribution < 1.29 is 26.8 Å². The normalized spacial score (nSPS) is 13.3. The number of carbonyl (C=O) groups is 1. The van der Waals surface area contributed by atoms with Gasteiger partial charge in [-0.3, -0.25) is 8.98 Å². The summed E-state index contributed by atoms with van der Waals surface area (Å²) in [7, 11) is 3.14. The second-order valence-electron chi connectivity index (χ2n) is 4.35. The third-order valence-electron chi connectivity index (χ3n) is 2.24. The van der Waals surface area contributed by atoms with Gasteiger partial charge in [0.25, 0.3) is 10.3 Å². The molecule has 0 fully saturated rings. The molecule has 19 heavy (non-hydrogen) atoms. The minimum absolute atomic E-state index is 0.135. The molecule has 108 valence electrons. The molecule has 0 saturated heterocycles. The fourth-order valence-electron chi connectivity index (χ4n) is 1.09. The summed E-state index contributed by atoms with van der Waals surface area (Å²) in [5.74, 6) is -1.09. The highest BCUT2D eigenvalue weighted by Gasteiger charge is 2.31. The van der Waals surface area contributed by atoms with Gasteiger partial charge in [-0.25, -0.2) is 9.00 Å². The molecule has 0 N–H and O–H groups in total. The summed E-state index contributed by atoms with van der Waals surface area (Å²) in [6.45, 7) is 4.19. The highest BCUT2D eigenvalue weighted by atomic mass is 35.7. The first-order valence-corrected chi connectivity index (χ1v) is 7.10. The van der Waals surface area contributed by atoms with Gasteiger partial charge < -0.3 is 13.6 Å². The van der Waals surface area contributed by atoms with E-state index in [1.54, 1.807) is 0 Å². The van der Waals surface area contributed by atoms with Crippen LogP contribution in [0.25, 0.3) is 0 Å². The monoisotopic (exact) mass is 312 g/mol. The van der Waals surface area contributed by atoms with E-state index in [1.807, 2.05) is 0 Å². The van der Waals surface area contributed by atoms with Gasteiger partial charge in [0.1, 0.15) is 0 Å². The molecular formula is C10H13ClO7S. The van der Waals surface area contributed by atoms with E-state index in [0.717, 1.165) is 0 Å². The summed E-state index contributed by atoms with van der Waals surface area (Å²) >= 11 is 0. The van der Waals surface area contributed by atoms with E-state index in [1.165, 1.54) is 20.8 Å². The van der Waals surface area contributed by atoms with Gasteiger partial charge in [-0.15, -0.1) is 0 Å². The zero-order valence-electron chi connectivity index (χ0n) is 10.6. The first kappa shape index (κ1) is 15.9. The first-order valence-electron chi connectivity index (χ1n) is 5.20. The second kappa shape index (κ2) is 6.36. The summed E-state index contributed by atoms with van der Waals surface area (Å²) in [6.07, 6.45) is 0. The van der Waals surface area contributed by atoms with Gasteiger partial charge in [0.15, 0.2) is 18.1 Å². The molecule has 0 aliphatic carbocycles. The number of esters is 1. The number of halogens is 1. The van der Waals surface area contributed by atoms with E-state index in [0.29, 0.717) is 0 Å². The Morgan fingerprint density at radius 2 is 2.05 bits per heavy atom. The minimum Gasteiger partial charge on any atom is -0.457 e. The predicted molar refractivity (Wildman–Crippen MR) is 65.5 cm³/mol. The van der Waals surface area contributed by atoms with E-state index in [4.69, 9.17) is 15.4 Å². The second-order valence-corrected chi connectivity index (χ2v) is 5.73. The highest BCUT2D eigenvalue weighted by molar-refractivity contribution is 8.04. The first-order chi connectivity index (χ1) is 8.72. The number of ether oxygens (including phenoxy) is 1. The van der Waals surface area contributed by atoms with Crippen LogP contribution < -0.4 is 5.82 Å². The average molecular weight is 313 g/mol. The van der Waals surface area contributed by atoms with Crippen LogP contribution in [0.3, 0.4) is 0 Å². The van der Waals surface area contributed by atoms with Gasteiger partial charge in [-0.2, -0.15) is 0 Å². The van der Waals surface area contributed by atoms with Crippen molar-refractivity contribution >= 4 is 26.9 Å². The lowest BCUT2D eigenvalue weighted by Crippen LogP contribution is -2.31. The van der Waals surface area contributed by atoms with Crippen molar-refractivity contribution in [1.82, 2.24) is 0 Å². The van der Waals surface area contributed by atoms with E-state index >= 15 is 0 Å². The largest absolute Gasteiger partial charge is 0.519 e. The van der Waals surface area contributed by atoms with Crippen molar-refractivity contribution in [3.63, 3.8) is 0 Å². The summed E-state index contributed by atoms with van der Waals surface area (Å²) in [4.78, 5) is 22.6. The Balaban J connectivity index is 2.57. The summed E-state index contributed by atoms with van der Waals surface area (Å²) < 4.78 is 29.5. The number of aryl methyl sites for hydroxylation is 1. The Morgan fingerprint density at radius 3 is 2.53 bits per heavy atom. The fraction of sp³-hybridized carbons (Fsp3) is 0.600. The third kappa shape index (κ3) is 4.81. The Morgan fingerprint density at radius 1 is 1.42 bits per heavy atom.